The molecule has 1 aliphatic carbocycles. The van der Waals surface area contributed by atoms with Gasteiger partial charge in [0.2, 0.25) is 5.91 Å². The van der Waals surface area contributed by atoms with Gasteiger partial charge in [-0.1, -0.05) is 38.0 Å². The van der Waals surface area contributed by atoms with Gasteiger partial charge in [0.25, 0.3) is 0 Å². The van der Waals surface area contributed by atoms with Gasteiger partial charge < -0.3 is 10.2 Å². The van der Waals surface area contributed by atoms with E-state index in [1.54, 1.807) is 0 Å². The molecule has 2 heterocycles. The number of hydrogen-bond acceptors (Lipinski definition) is 2. The van der Waals surface area contributed by atoms with Crippen LogP contribution in [-0.4, -0.2) is 25.5 Å². The number of hydrogen-bond donors (Lipinski definition) is 1. The number of amides is 1. The Balaban J connectivity index is 0.00000182. The van der Waals surface area contributed by atoms with Crippen LogP contribution >= 0.6 is 12.4 Å². The SMILES string of the molecule is CC(CC(=O)N1CC2(CCCC2)c2ccccc21)C1CCNCC1.Cl. The summed E-state index contributed by atoms with van der Waals surface area (Å²) in [4.78, 5) is 15.2. The largest absolute Gasteiger partial charge is 0.317 e. The molecule has 1 amide bonds. The van der Waals surface area contributed by atoms with Gasteiger partial charge in [-0.2, -0.15) is 0 Å². The lowest BCUT2D eigenvalue weighted by molar-refractivity contribution is -0.119. The molecule has 0 radical (unpaired) electrons. The molecular weight excluding hydrogens is 332 g/mol. The third-order valence-electron chi connectivity index (χ3n) is 6.77. The van der Waals surface area contributed by atoms with Crippen molar-refractivity contribution in [1.29, 1.82) is 0 Å². The van der Waals surface area contributed by atoms with Crippen molar-refractivity contribution in [3.63, 3.8) is 0 Å². The quantitative estimate of drug-likeness (QED) is 0.869. The van der Waals surface area contributed by atoms with Gasteiger partial charge in [-0.3, -0.25) is 4.79 Å². The Kier molecular flexibility index (Phi) is 5.75. The number of para-hydroxylation sites is 1. The molecule has 2 fully saturated rings. The number of nitrogens with zero attached hydrogens (tertiary/aromatic N) is 1. The van der Waals surface area contributed by atoms with Crippen molar-refractivity contribution < 1.29 is 4.79 Å². The second-order valence-electron chi connectivity index (χ2n) is 8.25. The highest BCUT2D eigenvalue weighted by molar-refractivity contribution is 5.96. The fraction of sp³-hybridized carbons (Fsp3) is 0.667. The van der Waals surface area contributed by atoms with E-state index < -0.39 is 0 Å². The van der Waals surface area contributed by atoms with Crippen LogP contribution in [0, 0.1) is 11.8 Å². The van der Waals surface area contributed by atoms with Gasteiger partial charge in [-0.05, 0) is 62.2 Å². The summed E-state index contributed by atoms with van der Waals surface area (Å²) in [6.07, 6.45) is 8.25. The molecule has 1 aromatic rings. The molecule has 3 aliphatic rings. The first-order valence-corrected chi connectivity index (χ1v) is 9.80. The monoisotopic (exact) mass is 362 g/mol. The summed E-state index contributed by atoms with van der Waals surface area (Å²) in [6.45, 7) is 5.42. The van der Waals surface area contributed by atoms with Gasteiger partial charge >= 0.3 is 0 Å². The second kappa shape index (κ2) is 7.67. The topological polar surface area (TPSA) is 32.3 Å². The minimum absolute atomic E-state index is 0. The molecule has 0 aromatic heterocycles. The molecule has 25 heavy (non-hydrogen) atoms. The standard InChI is InChI=1S/C21H30N2O.ClH/c1-16(17-8-12-22-13-9-17)14-20(24)23-15-21(10-4-5-11-21)18-6-2-3-7-19(18)23;/h2-3,6-7,16-17,22H,4-5,8-15H2,1H3;1H. The lowest BCUT2D eigenvalue weighted by atomic mass is 9.81. The van der Waals surface area contributed by atoms with Crippen LogP contribution in [0.1, 0.15) is 57.4 Å². The normalized spacial score (nSPS) is 23.3. The molecular formula is C21H31ClN2O. The fourth-order valence-corrected chi connectivity index (χ4v) is 5.30. The fourth-order valence-electron chi connectivity index (χ4n) is 5.30. The van der Waals surface area contributed by atoms with Crippen LogP contribution in [0.5, 0.6) is 0 Å². The van der Waals surface area contributed by atoms with E-state index in [2.05, 4.69) is 41.4 Å². The highest BCUT2D eigenvalue weighted by atomic mass is 35.5. The summed E-state index contributed by atoms with van der Waals surface area (Å²) in [5.74, 6) is 1.54. The van der Waals surface area contributed by atoms with E-state index in [4.69, 9.17) is 0 Å². The summed E-state index contributed by atoms with van der Waals surface area (Å²) < 4.78 is 0. The van der Waals surface area contributed by atoms with Gasteiger partial charge in [0.15, 0.2) is 0 Å². The highest BCUT2D eigenvalue weighted by Crippen LogP contribution is 2.50. The Morgan fingerprint density at radius 3 is 2.64 bits per heavy atom. The van der Waals surface area contributed by atoms with E-state index in [1.165, 1.54) is 49.8 Å². The number of halogens is 1. The van der Waals surface area contributed by atoms with Crippen molar-refractivity contribution in [2.24, 2.45) is 11.8 Å². The van der Waals surface area contributed by atoms with Crippen LogP contribution in [-0.2, 0) is 10.2 Å². The molecule has 1 spiro atoms. The van der Waals surface area contributed by atoms with Crippen LogP contribution in [0.15, 0.2) is 24.3 Å². The maximum atomic E-state index is 13.1. The third kappa shape index (κ3) is 3.46. The summed E-state index contributed by atoms with van der Waals surface area (Å²) in [5, 5.41) is 3.43. The van der Waals surface area contributed by atoms with Gasteiger partial charge in [-0.15, -0.1) is 12.4 Å². The molecule has 1 N–H and O–H groups in total. The summed E-state index contributed by atoms with van der Waals surface area (Å²) >= 11 is 0. The maximum Gasteiger partial charge on any atom is 0.227 e. The van der Waals surface area contributed by atoms with Crippen molar-refractivity contribution >= 4 is 24.0 Å². The van der Waals surface area contributed by atoms with Crippen molar-refractivity contribution in [1.82, 2.24) is 5.32 Å². The van der Waals surface area contributed by atoms with Gasteiger partial charge in [0.1, 0.15) is 0 Å². The van der Waals surface area contributed by atoms with Crippen LogP contribution in [0.25, 0.3) is 0 Å². The van der Waals surface area contributed by atoms with Crippen LogP contribution in [0.4, 0.5) is 5.69 Å². The van der Waals surface area contributed by atoms with E-state index in [1.807, 2.05) is 0 Å². The number of nitrogens with one attached hydrogen (secondary N) is 1. The molecule has 2 aliphatic heterocycles. The Bertz CT molecular complexity index is 606. The average Bonchev–Trinajstić information content (AvgIpc) is 3.22. The molecule has 1 atom stereocenters. The number of fused-ring (bicyclic) bond motifs is 2. The summed E-state index contributed by atoms with van der Waals surface area (Å²) in [6, 6.07) is 8.66. The average molecular weight is 363 g/mol. The van der Waals surface area contributed by atoms with Crippen molar-refractivity contribution in [3.8, 4) is 0 Å². The molecule has 1 saturated carbocycles. The van der Waals surface area contributed by atoms with E-state index in [9.17, 15) is 4.79 Å². The molecule has 1 unspecified atom stereocenters. The first kappa shape index (κ1) is 18.7. The minimum Gasteiger partial charge on any atom is -0.317 e. The number of benzene rings is 1. The van der Waals surface area contributed by atoms with Gasteiger partial charge in [-0.25, -0.2) is 0 Å². The van der Waals surface area contributed by atoms with Crippen LogP contribution in [0.2, 0.25) is 0 Å². The predicted molar refractivity (Wildman–Crippen MR) is 106 cm³/mol. The summed E-state index contributed by atoms with van der Waals surface area (Å²) in [7, 11) is 0. The Morgan fingerprint density at radius 2 is 1.92 bits per heavy atom. The molecule has 1 saturated heterocycles. The highest BCUT2D eigenvalue weighted by Gasteiger charge is 2.46. The first-order chi connectivity index (χ1) is 11.7. The van der Waals surface area contributed by atoms with E-state index in [-0.39, 0.29) is 17.8 Å². The molecule has 3 nitrogen and oxygen atoms in total. The lowest BCUT2D eigenvalue weighted by Gasteiger charge is -2.30. The van der Waals surface area contributed by atoms with Crippen LogP contribution in [0.3, 0.4) is 0 Å². The molecule has 4 heteroatoms. The zero-order chi connectivity index (χ0) is 16.6. The molecule has 1 aromatic carbocycles. The Labute approximate surface area is 158 Å². The zero-order valence-corrected chi connectivity index (χ0v) is 16.1. The maximum absolute atomic E-state index is 13.1. The lowest BCUT2D eigenvalue weighted by Crippen LogP contribution is -2.38. The molecule has 0 bridgehead atoms. The van der Waals surface area contributed by atoms with Crippen molar-refractivity contribution in [2.75, 3.05) is 24.5 Å². The smallest absolute Gasteiger partial charge is 0.227 e. The zero-order valence-electron chi connectivity index (χ0n) is 15.3. The number of piperidine rings is 1. The third-order valence-corrected chi connectivity index (χ3v) is 6.77. The van der Waals surface area contributed by atoms with Crippen molar-refractivity contribution in [2.45, 2.75) is 57.3 Å². The minimum atomic E-state index is 0. The van der Waals surface area contributed by atoms with Gasteiger partial charge in [0.05, 0.1) is 0 Å². The predicted octanol–water partition coefficient (Wildman–Crippen LogP) is 4.29. The van der Waals surface area contributed by atoms with E-state index in [0.29, 0.717) is 24.2 Å². The van der Waals surface area contributed by atoms with E-state index in [0.717, 1.165) is 19.6 Å². The number of rotatable bonds is 3. The first-order valence-electron chi connectivity index (χ1n) is 9.80. The second-order valence-corrected chi connectivity index (χ2v) is 8.25. The molecule has 138 valence electrons. The van der Waals surface area contributed by atoms with E-state index >= 15 is 0 Å². The Hall–Kier alpha value is -1.06. The Morgan fingerprint density at radius 1 is 1.24 bits per heavy atom. The number of carbonyl (C=O) groups is 1. The van der Waals surface area contributed by atoms with Gasteiger partial charge in [0, 0.05) is 24.1 Å². The molecule has 4 rings (SSSR count). The number of carbonyl (C=O) groups excluding carboxylic acids is 1. The summed E-state index contributed by atoms with van der Waals surface area (Å²) in [5.41, 5.74) is 2.89. The van der Waals surface area contributed by atoms with Crippen molar-refractivity contribution in [3.05, 3.63) is 29.8 Å². The number of anilines is 1. The van der Waals surface area contributed by atoms with Crippen LogP contribution < -0.4 is 10.2 Å².